The summed E-state index contributed by atoms with van der Waals surface area (Å²) in [4.78, 5) is 11.6. The van der Waals surface area contributed by atoms with Crippen molar-refractivity contribution in [3.8, 4) is 0 Å². The summed E-state index contributed by atoms with van der Waals surface area (Å²) < 4.78 is 6.62. The maximum atomic E-state index is 4.75. The number of fused-ring (bicyclic) bond motifs is 2. The van der Waals surface area contributed by atoms with Gasteiger partial charge >= 0.3 is 0 Å². The summed E-state index contributed by atoms with van der Waals surface area (Å²) in [5, 5.41) is 3.43. The SMILES string of the molecule is Cn1ccnc1NCCN1CCC(=C2c3ccn(C)c3CCn3ccnc32)CC1. The van der Waals surface area contributed by atoms with Crippen molar-refractivity contribution in [3.05, 3.63) is 59.7 Å². The third-order valence-electron chi connectivity index (χ3n) is 6.34. The zero-order chi connectivity index (χ0) is 19.8. The van der Waals surface area contributed by atoms with Crippen LogP contribution in [0.4, 0.5) is 5.95 Å². The number of piperidine rings is 1. The molecular weight excluding hydrogens is 362 g/mol. The Morgan fingerprint density at radius 3 is 2.55 bits per heavy atom. The summed E-state index contributed by atoms with van der Waals surface area (Å²) in [7, 11) is 4.18. The number of imidazole rings is 2. The standard InChI is InChI=1S/C22H29N7/c1-26-10-5-18-19(26)6-13-29-16-9-23-21(29)20(18)17-3-11-28(12-4-17)15-8-25-22-24-7-14-27(22)2/h5,7,9-10,14,16H,3-4,6,8,11-13,15H2,1-2H3,(H,24,25). The summed E-state index contributed by atoms with van der Waals surface area (Å²) in [6, 6.07) is 2.28. The van der Waals surface area contributed by atoms with E-state index in [1.165, 1.54) is 16.8 Å². The first-order chi connectivity index (χ1) is 14.2. The Morgan fingerprint density at radius 1 is 0.931 bits per heavy atom. The van der Waals surface area contributed by atoms with Gasteiger partial charge in [-0.15, -0.1) is 0 Å². The van der Waals surface area contributed by atoms with Gasteiger partial charge in [-0.25, -0.2) is 9.97 Å². The molecule has 0 aromatic carbocycles. The lowest BCUT2D eigenvalue weighted by atomic mass is 9.92. The molecule has 5 rings (SSSR count). The van der Waals surface area contributed by atoms with Gasteiger partial charge in [0, 0.05) is 101 Å². The van der Waals surface area contributed by atoms with Gasteiger partial charge in [0.05, 0.1) is 0 Å². The monoisotopic (exact) mass is 391 g/mol. The topological polar surface area (TPSA) is 55.8 Å². The van der Waals surface area contributed by atoms with Crippen LogP contribution in [0.15, 0.2) is 42.6 Å². The van der Waals surface area contributed by atoms with Gasteiger partial charge in [-0.1, -0.05) is 5.57 Å². The molecule has 2 aliphatic rings. The molecule has 0 spiro atoms. The predicted molar refractivity (Wildman–Crippen MR) is 115 cm³/mol. The Bertz CT molecular complexity index is 1030. The van der Waals surface area contributed by atoms with E-state index in [4.69, 9.17) is 4.98 Å². The molecule has 29 heavy (non-hydrogen) atoms. The Hall–Kier alpha value is -2.80. The molecule has 3 aromatic heterocycles. The van der Waals surface area contributed by atoms with Crippen LogP contribution in [0, 0.1) is 0 Å². The summed E-state index contributed by atoms with van der Waals surface area (Å²) in [5.41, 5.74) is 5.76. The largest absolute Gasteiger partial charge is 0.354 e. The van der Waals surface area contributed by atoms with Crippen LogP contribution in [-0.4, -0.2) is 54.7 Å². The lowest BCUT2D eigenvalue weighted by Crippen LogP contribution is -2.35. The van der Waals surface area contributed by atoms with Crippen LogP contribution >= 0.6 is 0 Å². The van der Waals surface area contributed by atoms with Crippen LogP contribution < -0.4 is 5.32 Å². The smallest absolute Gasteiger partial charge is 0.202 e. The van der Waals surface area contributed by atoms with Crippen molar-refractivity contribution in [3.63, 3.8) is 0 Å². The molecule has 0 amide bonds. The number of aromatic nitrogens is 5. The second-order valence-electron chi connectivity index (χ2n) is 8.09. The average molecular weight is 392 g/mol. The minimum absolute atomic E-state index is 0.921. The molecule has 7 nitrogen and oxygen atoms in total. The number of likely N-dealkylation sites (tertiary alicyclic amines) is 1. The molecule has 5 heterocycles. The average Bonchev–Trinajstić information content (AvgIpc) is 3.42. The van der Waals surface area contributed by atoms with E-state index < -0.39 is 0 Å². The van der Waals surface area contributed by atoms with Crippen molar-refractivity contribution in [2.75, 3.05) is 31.5 Å². The highest BCUT2D eigenvalue weighted by atomic mass is 15.2. The summed E-state index contributed by atoms with van der Waals surface area (Å²) in [5.74, 6) is 2.08. The van der Waals surface area contributed by atoms with Crippen LogP contribution in [0.2, 0.25) is 0 Å². The van der Waals surface area contributed by atoms with E-state index in [0.29, 0.717) is 0 Å². The van der Waals surface area contributed by atoms with E-state index in [9.17, 15) is 0 Å². The number of aryl methyl sites for hydroxylation is 3. The fraction of sp³-hybridized carbons (Fsp3) is 0.455. The molecule has 0 unspecified atom stereocenters. The molecule has 7 heteroatoms. The third-order valence-corrected chi connectivity index (χ3v) is 6.34. The Labute approximate surface area is 171 Å². The predicted octanol–water partition coefficient (Wildman–Crippen LogP) is 2.52. The number of nitrogens with one attached hydrogen (secondary N) is 1. The Balaban J connectivity index is 1.31. The van der Waals surface area contributed by atoms with Gasteiger partial charge in [0.15, 0.2) is 0 Å². The van der Waals surface area contributed by atoms with E-state index in [1.54, 1.807) is 5.57 Å². The van der Waals surface area contributed by atoms with E-state index in [-0.39, 0.29) is 0 Å². The third kappa shape index (κ3) is 3.40. The van der Waals surface area contributed by atoms with Gasteiger partial charge < -0.3 is 23.9 Å². The molecule has 1 saturated heterocycles. The molecule has 1 fully saturated rings. The Kier molecular flexibility index (Phi) is 4.75. The minimum Gasteiger partial charge on any atom is -0.354 e. The van der Waals surface area contributed by atoms with Crippen LogP contribution in [0.25, 0.3) is 5.57 Å². The lowest BCUT2D eigenvalue weighted by molar-refractivity contribution is 0.266. The highest BCUT2D eigenvalue weighted by Gasteiger charge is 2.26. The van der Waals surface area contributed by atoms with Crippen molar-refractivity contribution < 1.29 is 0 Å². The van der Waals surface area contributed by atoms with E-state index in [2.05, 4.69) is 49.8 Å². The fourth-order valence-corrected chi connectivity index (χ4v) is 4.67. The molecule has 3 aromatic rings. The number of rotatable bonds is 4. The molecule has 2 aliphatic heterocycles. The van der Waals surface area contributed by atoms with Crippen LogP contribution in [-0.2, 0) is 27.1 Å². The lowest BCUT2D eigenvalue weighted by Gasteiger charge is -2.30. The highest BCUT2D eigenvalue weighted by molar-refractivity contribution is 5.81. The quantitative estimate of drug-likeness (QED) is 0.743. The van der Waals surface area contributed by atoms with Crippen molar-refractivity contribution in [1.82, 2.24) is 28.6 Å². The first-order valence-corrected chi connectivity index (χ1v) is 10.5. The second-order valence-corrected chi connectivity index (χ2v) is 8.09. The highest BCUT2D eigenvalue weighted by Crippen LogP contribution is 2.35. The van der Waals surface area contributed by atoms with E-state index in [0.717, 1.165) is 63.8 Å². The van der Waals surface area contributed by atoms with Crippen molar-refractivity contribution in [2.45, 2.75) is 25.8 Å². The van der Waals surface area contributed by atoms with E-state index >= 15 is 0 Å². The summed E-state index contributed by atoms with van der Waals surface area (Å²) in [6.45, 7) is 5.17. The number of anilines is 1. The molecule has 152 valence electrons. The van der Waals surface area contributed by atoms with Gasteiger partial charge in [0.25, 0.3) is 0 Å². The van der Waals surface area contributed by atoms with Crippen LogP contribution in [0.3, 0.4) is 0 Å². The molecule has 0 saturated carbocycles. The number of nitrogens with zero attached hydrogens (tertiary/aromatic N) is 6. The zero-order valence-corrected chi connectivity index (χ0v) is 17.3. The first kappa shape index (κ1) is 18.2. The van der Waals surface area contributed by atoms with Gasteiger partial charge in [-0.3, -0.25) is 0 Å². The maximum absolute atomic E-state index is 4.75. The molecular formula is C22H29N7. The maximum Gasteiger partial charge on any atom is 0.202 e. The molecule has 0 bridgehead atoms. The van der Waals surface area contributed by atoms with E-state index in [1.807, 2.05) is 30.2 Å². The van der Waals surface area contributed by atoms with Crippen LogP contribution in [0.1, 0.15) is 29.9 Å². The van der Waals surface area contributed by atoms with Gasteiger partial charge in [0.2, 0.25) is 5.95 Å². The summed E-state index contributed by atoms with van der Waals surface area (Å²) in [6.07, 6.45) is 13.3. The minimum atomic E-state index is 0.921. The van der Waals surface area contributed by atoms with Gasteiger partial charge in [0.1, 0.15) is 5.82 Å². The van der Waals surface area contributed by atoms with Crippen LogP contribution in [0.5, 0.6) is 0 Å². The molecule has 0 aliphatic carbocycles. The molecule has 0 atom stereocenters. The number of hydrogen-bond acceptors (Lipinski definition) is 4. The zero-order valence-electron chi connectivity index (χ0n) is 17.3. The number of hydrogen-bond donors (Lipinski definition) is 1. The van der Waals surface area contributed by atoms with Gasteiger partial charge in [-0.05, 0) is 18.9 Å². The first-order valence-electron chi connectivity index (χ1n) is 10.5. The van der Waals surface area contributed by atoms with Gasteiger partial charge in [-0.2, -0.15) is 0 Å². The Morgan fingerprint density at radius 2 is 1.76 bits per heavy atom. The molecule has 1 N–H and O–H groups in total. The van der Waals surface area contributed by atoms with Crippen molar-refractivity contribution in [1.29, 1.82) is 0 Å². The normalized spacial score (nSPS) is 17.2. The van der Waals surface area contributed by atoms with Crippen molar-refractivity contribution >= 4 is 11.5 Å². The van der Waals surface area contributed by atoms with Crippen molar-refractivity contribution in [2.24, 2.45) is 14.1 Å². The summed E-state index contributed by atoms with van der Waals surface area (Å²) >= 11 is 0. The fourth-order valence-electron chi connectivity index (χ4n) is 4.67. The second kappa shape index (κ2) is 7.55. The molecule has 0 radical (unpaired) electrons.